The standard InChI is InChI=1S/C14H16FNO5/c1-4-7-9(10(15)6(2)14(19)16-7)12-13(20-3)11(18)8(5-17)21-12/h1,8,11-13,17-18H,5H2,2-3H3,(H,16,19). The molecule has 7 heteroatoms. The van der Waals surface area contributed by atoms with Gasteiger partial charge in [-0.05, 0) is 6.92 Å². The van der Waals surface area contributed by atoms with E-state index in [1.54, 1.807) is 0 Å². The fourth-order valence-electron chi connectivity index (χ4n) is 2.45. The molecule has 0 amide bonds. The first-order valence-electron chi connectivity index (χ1n) is 6.32. The van der Waals surface area contributed by atoms with Crippen molar-refractivity contribution in [2.45, 2.75) is 31.3 Å². The molecule has 1 saturated heterocycles. The first-order chi connectivity index (χ1) is 9.96. The maximum Gasteiger partial charge on any atom is 0.254 e. The Balaban J connectivity index is 2.59. The van der Waals surface area contributed by atoms with Gasteiger partial charge in [0.05, 0.1) is 17.7 Å². The molecule has 2 heterocycles. The number of pyridine rings is 1. The fraction of sp³-hybridized carbons (Fsp3) is 0.500. The second kappa shape index (κ2) is 5.95. The van der Waals surface area contributed by atoms with Gasteiger partial charge >= 0.3 is 0 Å². The second-order valence-corrected chi connectivity index (χ2v) is 4.79. The summed E-state index contributed by atoms with van der Waals surface area (Å²) in [5, 5.41) is 19.2. The SMILES string of the molecule is C#Cc1[nH]c(=O)c(C)c(F)c1C1OC(CO)C(O)C1OC. The molecule has 6 nitrogen and oxygen atoms in total. The average molecular weight is 297 g/mol. The van der Waals surface area contributed by atoms with E-state index in [9.17, 15) is 19.4 Å². The van der Waals surface area contributed by atoms with E-state index in [1.807, 2.05) is 0 Å². The number of hydrogen-bond acceptors (Lipinski definition) is 5. The van der Waals surface area contributed by atoms with E-state index < -0.39 is 42.4 Å². The molecule has 1 aromatic heterocycles. The molecule has 0 bridgehead atoms. The molecule has 0 spiro atoms. The lowest BCUT2D eigenvalue weighted by Crippen LogP contribution is -2.34. The topological polar surface area (TPSA) is 91.8 Å². The number of aliphatic hydroxyl groups excluding tert-OH is 2. The summed E-state index contributed by atoms with van der Waals surface area (Å²) in [5.74, 6) is 1.40. The summed E-state index contributed by atoms with van der Waals surface area (Å²) < 4.78 is 25.0. The fourth-order valence-corrected chi connectivity index (χ4v) is 2.45. The van der Waals surface area contributed by atoms with Gasteiger partial charge < -0.3 is 24.7 Å². The van der Waals surface area contributed by atoms with Crippen molar-refractivity contribution in [1.29, 1.82) is 0 Å². The van der Waals surface area contributed by atoms with Crippen LogP contribution >= 0.6 is 0 Å². The summed E-state index contributed by atoms with van der Waals surface area (Å²) in [5.41, 5.74) is -0.891. The van der Waals surface area contributed by atoms with E-state index in [1.165, 1.54) is 14.0 Å². The Morgan fingerprint density at radius 2 is 2.24 bits per heavy atom. The smallest absolute Gasteiger partial charge is 0.254 e. The highest BCUT2D eigenvalue weighted by Gasteiger charge is 2.46. The molecule has 1 aliphatic heterocycles. The predicted molar refractivity (Wildman–Crippen MR) is 71.2 cm³/mol. The number of hydrogen-bond donors (Lipinski definition) is 3. The van der Waals surface area contributed by atoms with Crippen molar-refractivity contribution in [3.63, 3.8) is 0 Å². The molecule has 114 valence electrons. The minimum Gasteiger partial charge on any atom is -0.394 e. The first-order valence-corrected chi connectivity index (χ1v) is 6.32. The number of nitrogens with one attached hydrogen (secondary N) is 1. The third kappa shape index (κ3) is 2.47. The normalized spacial score (nSPS) is 28.6. The van der Waals surface area contributed by atoms with Crippen LogP contribution in [0, 0.1) is 25.1 Å². The van der Waals surface area contributed by atoms with Gasteiger partial charge in [0, 0.05) is 7.11 Å². The zero-order valence-electron chi connectivity index (χ0n) is 11.6. The molecule has 3 N–H and O–H groups in total. The molecule has 1 fully saturated rings. The highest BCUT2D eigenvalue weighted by atomic mass is 19.1. The number of ether oxygens (including phenoxy) is 2. The number of methoxy groups -OCH3 is 1. The molecule has 21 heavy (non-hydrogen) atoms. The molecule has 0 aliphatic carbocycles. The minimum atomic E-state index is -1.14. The van der Waals surface area contributed by atoms with Gasteiger partial charge in [-0.3, -0.25) is 4.79 Å². The number of aromatic nitrogens is 1. The number of rotatable bonds is 3. The molecule has 1 aromatic rings. The third-order valence-corrected chi connectivity index (χ3v) is 3.63. The van der Waals surface area contributed by atoms with Gasteiger partial charge in [0.25, 0.3) is 5.56 Å². The lowest BCUT2D eigenvalue weighted by Gasteiger charge is -2.21. The van der Waals surface area contributed by atoms with Gasteiger partial charge in [-0.15, -0.1) is 6.42 Å². The van der Waals surface area contributed by atoms with Gasteiger partial charge in [-0.1, -0.05) is 5.92 Å². The summed E-state index contributed by atoms with van der Waals surface area (Å²) in [6.45, 7) is 0.863. The molecule has 0 radical (unpaired) electrons. The summed E-state index contributed by atoms with van der Waals surface area (Å²) in [6, 6.07) is 0. The highest BCUT2D eigenvalue weighted by molar-refractivity contribution is 5.40. The van der Waals surface area contributed by atoms with Gasteiger partial charge in [0.2, 0.25) is 0 Å². The largest absolute Gasteiger partial charge is 0.394 e. The Hall–Kier alpha value is -1.72. The predicted octanol–water partition coefficient (Wildman–Crippen LogP) is -0.388. The number of terminal acetylenes is 1. The summed E-state index contributed by atoms with van der Waals surface area (Å²) in [4.78, 5) is 14.0. The van der Waals surface area contributed by atoms with E-state index in [0.29, 0.717) is 0 Å². The highest BCUT2D eigenvalue weighted by Crippen LogP contribution is 2.37. The minimum absolute atomic E-state index is 0.0588. The maximum absolute atomic E-state index is 14.4. The molecule has 4 atom stereocenters. The number of H-pyrrole nitrogens is 1. The van der Waals surface area contributed by atoms with Crippen molar-refractivity contribution in [2.24, 2.45) is 0 Å². The van der Waals surface area contributed by atoms with E-state index >= 15 is 0 Å². The Bertz CT molecular complexity index is 635. The van der Waals surface area contributed by atoms with E-state index in [4.69, 9.17) is 15.9 Å². The third-order valence-electron chi connectivity index (χ3n) is 3.63. The molecule has 0 aromatic carbocycles. The van der Waals surface area contributed by atoms with Crippen LogP contribution in [0.5, 0.6) is 0 Å². The van der Waals surface area contributed by atoms with Crippen molar-refractivity contribution < 1.29 is 24.1 Å². The van der Waals surface area contributed by atoms with E-state index in [0.717, 1.165) is 0 Å². The zero-order chi connectivity index (χ0) is 15.7. The zero-order valence-corrected chi connectivity index (χ0v) is 11.6. The van der Waals surface area contributed by atoms with Crippen molar-refractivity contribution in [1.82, 2.24) is 4.98 Å². The van der Waals surface area contributed by atoms with Crippen LogP contribution in [0.25, 0.3) is 0 Å². The van der Waals surface area contributed by atoms with Crippen LogP contribution in [-0.2, 0) is 9.47 Å². The molecule has 4 unspecified atom stereocenters. The Kier molecular flexibility index (Phi) is 4.44. The van der Waals surface area contributed by atoms with E-state index in [2.05, 4.69) is 10.9 Å². The van der Waals surface area contributed by atoms with Crippen LogP contribution in [0.1, 0.15) is 22.9 Å². The van der Waals surface area contributed by atoms with Crippen molar-refractivity contribution in [3.8, 4) is 12.3 Å². The molecule has 2 rings (SSSR count). The molecule has 0 saturated carbocycles. The van der Waals surface area contributed by atoms with Crippen molar-refractivity contribution in [3.05, 3.63) is 33.0 Å². The lowest BCUT2D eigenvalue weighted by atomic mass is 9.98. The quantitative estimate of drug-likeness (QED) is 0.661. The molecular weight excluding hydrogens is 281 g/mol. The molecular formula is C14H16FNO5. The summed E-state index contributed by atoms with van der Waals surface area (Å²) in [6.07, 6.45) is 1.31. The van der Waals surface area contributed by atoms with Crippen LogP contribution in [0.4, 0.5) is 4.39 Å². The van der Waals surface area contributed by atoms with Crippen LogP contribution in [0.2, 0.25) is 0 Å². The van der Waals surface area contributed by atoms with Gasteiger partial charge in [0.1, 0.15) is 35.9 Å². The number of aromatic amines is 1. The Labute approximate surface area is 120 Å². The lowest BCUT2D eigenvalue weighted by molar-refractivity contribution is -0.0248. The van der Waals surface area contributed by atoms with Crippen molar-refractivity contribution in [2.75, 3.05) is 13.7 Å². The first kappa shape index (κ1) is 15.7. The molecule has 1 aliphatic rings. The van der Waals surface area contributed by atoms with Crippen LogP contribution in [0.15, 0.2) is 4.79 Å². The maximum atomic E-state index is 14.4. The number of halogens is 1. The monoisotopic (exact) mass is 297 g/mol. The van der Waals surface area contributed by atoms with Gasteiger partial charge in [0.15, 0.2) is 0 Å². The summed E-state index contributed by atoms with van der Waals surface area (Å²) >= 11 is 0. The van der Waals surface area contributed by atoms with Crippen LogP contribution in [-0.4, -0.2) is 47.2 Å². The Morgan fingerprint density at radius 3 is 2.76 bits per heavy atom. The van der Waals surface area contributed by atoms with Crippen LogP contribution in [0.3, 0.4) is 0 Å². The summed E-state index contributed by atoms with van der Waals surface area (Å²) in [7, 11) is 1.33. The average Bonchev–Trinajstić information content (AvgIpc) is 2.79. The van der Waals surface area contributed by atoms with Gasteiger partial charge in [-0.25, -0.2) is 4.39 Å². The van der Waals surface area contributed by atoms with Crippen molar-refractivity contribution >= 4 is 0 Å². The van der Waals surface area contributed by atoms with E-state index in [-0.39, 0.29) is 16.8 Å². The number of aliphatic hydroxyl groups is 2. The van der Waals surface area contributed by atoms with Gasteiger partial charge in [-0.2, -0.15) is 0 Å². The van der Waals surface area contributed by atoms with Crippen LogP contribution < -0.4 is 5.56 Å². The Morgan fingerprint density at radius 1 is 1.57 bits per heavy atom. The second-order valence-electron chi connectivity index (χ2n) is 4.79.